The average Bonchev–Trinajstić information content (AvgIpc) is 3.43. The van der Waals surface area contributed by atoms with Gasteiger partial charge in [-0.1, -0.05) is 43.7 Å². The molecule has 2 N–H and O–H groups in total. The van der Waals surface area contributed by atoms with Crippen molar-refractivity contribution in [3.8, 4) is 0 Å². The van der Waals surface area contributed by atoms with Crippen molar-refractivity contribution in [3.05, 3.63) is 36.0 Å². The Morgan fingerprint density at radius 2 is 2.07 bits per heavy atom. The maximum absolute atomic E-state index is 12.5. The van der Waals surface area contributed by atoms with Crippen LogP contribution < -0.4 is 0 Å². The molecule has 8 atom stereocenters. The van der Waals surface area contributed by atoms with Gasteiger partial charge in [0.2, 0.25) is 0 Å². The SMILES string of the molecule is CC1=CC2OC3CC(OC(=O)C=CC=CC(O)C(C)O)C(C)(C2(C)CC1)C31CO1. The maximum Gasteiger partial charge on any atom is 0.331 e. The van der Waals surface area contributed by atoms with Crippen LogP contribution in [0.25, 0.3) is 0 Å². The fraction of sp³-hybridized carbons (Fsp3) is 0.696. The van der Waals surface area contributed by atoms with Gasteiger partial charge in [0.1, 0.15) is 11.7 Å². The molecule has 2 aliphatic carbocycles. The van der Waals surface area contributed by atoms with Crippen LogP contribution in [0.3, 0.4) is 0 Å². The number of hydrogen-bond acceptors (Lipinski definition) is 6. The van der Waals surface area contributed by atoms with Crippen molar-refractivity contribution in [2.75, 3.05) is 6.61 Å². The molecule has 0 radical (unpaired) electrons. The van der Waals surface area contributed by atoms with E-state index in [1.165, 1.54) is 36.8 Å². The molecule has 0 aromatic rings. The predicted octanol–water partition coefficient (Wildman–Crippen LogP) is 2.45. The Labute approximate surface area is 172 Å². The van der Waals surface area contributed by atoms with E-state index in [1.54, 1.807) is 0 Å². The van der Waals surface area contributed by atoms with E-state index in [1.807, 2.05) is 0 Å². The van der Waals surface area contributed by atoms with Gasteiger partial charge < -0.3 is 24.4 Å². The molecule has 29 heavy (non-hydrogen) atoms. The number of fused-ring (bicyclic) bond motifs is 2. The Morgan fingerprint density at radius 1 is 1.34 bits per heavy atom. The molecule has 0 aromatic heterocycles. The van der Waals surface area contributed by atoms with Crippen LogP contribution in [0.15, 0.2) is 36.0 Å². The number of esters is 1. The van der Waals surface area contributed by atoms with Gasteiger partial charge in [-0.3, -0.25) is 0 Å². The van der Waals surface area contributed by atoms with Gasteiger partial charge >= 0.3 is 5.97 Å². The minimum Gasteiger partial charge on any atom is -0.458 e. The van der Waals surface area contributed by atoms with Gasteiger partial charge in [0.15, 0.2) is 0 Å². The van der Waals surface area contributed by atoms with Crippen LogP contribution in [-0.2, 0) is 19.0 Å². The zero-order valence-electron chi connectivity index (χ0n) is 17.6. The summed E-state index contributed by atoms with van der Waals surface area (Å²) in [5, 5.41) is 18.8. The molecule has 6 nitrogen and oxygen atoms in total. The summed E-state index contributed by atoms with van der Waals surface area (Å²) in [6, 6.07) is 0. The number of allylic oxidation sites excluding steroid dienone is 3. The van der Waals surface area contributed by atoms with Crippen LogP contribution in [-0.4, -0.2) is 58.9 Å². The van der Waals surface area contributed by atoms with E-state index in [4.69, 9.17) is 14.2 Å². The lowest BCUT2D eigenvalue weighted by Gasteiger charge is -2.57. The molecular weight excluding hydrogens is 372 g/mol. The summed E-state index contributed by atoms with van der Waals surface area (Å²) in [6.07, 6.45) is 8.59. The third-order valence-electron chi connectivity index (χ3n) is 7.93. The molecule has 2 heterocycles. The number of carbonyl (C=O) groups is 1. The Bertz CT molecular complexity index is 763. The van der Waals surface area contributed by atoms with Crippen LogP contribution in [0.1, 0.15) is 47.0 Å². The lowest BCUT2D eigenvalue weighted by Crippen LogP contribution is -2.63. The number of hydrogen-bond donors (Lipinski definition) is 2. The van der Waals surface area contributed by atoms with E-state index in [-0.39, 0.29) is 34.7 Å². The van der Waals surface area contributed by atoms with E-state index in [2.05, 4.69) is 26.8 Å². The fourth-order valence-corrected chi connectivity index (χ4v) is 5.67. The van der Waals surface area contributed by atoms with E-state index in [9.17, 15) is 15.0 Å². The summed E-state index contributed by atoms with van der Waals surface area (Å²) in [7, 11) is 0. The Kier molecular flexibility index (Phi) is 5.05. The Hall–Kier alpha value is -1.47. The van der Waals surface area contributed by atoms with Gasteiger partial charge in [-0.25, -0.2) is 4.79 Å². The quantitative estimate of drug-likeness (QED) is 0.241. The summed E-state index contributed by atoms with van der Waals surface area (Å²) in [4.78, 5) is 12.5. The van der Waals surface area contributed by atoms with Crippen molar-refractivity contribution >= 4 is 5.97 Å². The van der Waals surface area contributed by atoms with Gasteiger partial charge in [-0.05, 0) is 26.7 Å². The monoisotopic (exact) mass is 404 g/mol. The predicted molar refractivity (Wildman–Crippen MR) is 107 cm³/mol. The maximum atomic E-state index is 12.5. The molecule has 1 saturated carbocycles. The van der Waals surface area contributed by atoms with E-state index in [0.717, 1.165) is 12.8 Å². The van der Waals surface area contributed by atoms with Crippen LogP contribution >= 0.6 is 0 Å². The second-order valence-electron chi connectivity index (χ2n) is 9.49. The molecule has 1 spiro atoms. The molecule has 2 aliphatic heterocycles. The van der Waals surface area contributed by atoms with Crippen LogP contribution in [0, 0.1) is 10.8 Å². The third kappa shape index (κ3) is 3.03. The smallest absolute Gasteiger partial charge is 0.331 e. The first-order chi connectivity index (χ1) is 13.6. The molecule has 4 rings (SSSR count). The molecule has 2 saturated heterocycles. The summed E-state index contributed by atoms with van der Waals surface area (Å²) < 4.78 is 18.4. The average molecular weight is 405 g/mol. The fourth-order valence-electron chi connectivity index (χ4n) is 5.67. The van der Waals surface area contributed by atoms with Crippen molar-refractivity contribution in [2.45, 2.75) is 83.1 Å². The first-order valence-electron chi connectivity index (χ1n) is 10.5. The number of carbonyl (C=O) groups excluding carboxylic acids is 1. The summed E-state index contributed by atoms with van der Waals surface area (Å²) >= 11 is 0. The largest absolute Gasteiger partial charge is 0.458 e. The standard InChI is InChI=1S/C23H32O6/c1-14-9-10-21(3)17(11-14)28-19-12-18(22(21,4)23(19)13-27-23)29-20(26)8-6-5-7-16(25)15(2)24/h5-8,11,15-19,24-25H,9-10,12-13H2,1-4H3. The highest BCUT2D eigenvalue weighted by molar-refractivity contribution is 5.82. The van der Waals surface area contributed by atoms with Crippen molar-refractivity contribution in [1.82, 2.24) is 0 Å². The van der Waals surface area contributed by atoms with Crippen molar-refractivity contribution < 1.29 is 29.2 Å². The van der Waals surface area contributed by atoms with Gasteiger partial charge in [0.25, 0.3) is 0 Å². The molecule has 6 heteroatoms. The lowest BCUT2D eigenvalue weighted by molar-refractivity contribution is -0.209. The number of epoxide rings is 1. The van der Waals surface area contributed by atoms with E-state index < -0.39 is 18.2 Å². The van der Waals surface area contributed by atoms with Crippen LogP contribution in [0.4, 0.5) is 0 Å². The summed E-state index contributed by atoms with van der Waals surface area (Å²) in [5.41, 5.74) is 0.525. The molecule has 8 unspecified atom stereocenters. The molecule has 3 fully saturated rings. The number of aliphatic hydroxyl groups excluding tert-OH is 2. The Morgan fingerprint density at radius 3 is 2.72 bits per heavy atom. The highest BCUT2D eigenvalue weighted by Gasteiger charge is 2.81. The first kappa shape index (κ1) is 20.8. The van der Waals surface area contributed by atoms with Gasteiger partial charge in [0.05, 0.1) is 31.0 Å². The zero-order valence-corrected chi connectivity index (χ0v) is 17.6. The minimum absolute atomic E-state index is 0.0187. The number of aliphatic hydroxyl groups is 2. The highest BCUT2D eigenvalue weighted by Crippen LogP contribution is 2.71. The van der Waals surface area contributed by atoms with E-state index >= 15 is 0 Å². The minimum atomic E-state index is -0.965. The molecule has 2 bridgehead atoms. The van der Waals surface area contributed by atoms with Crippen molar-refractivity contribution in [2.24, 2.45) is 10.8 Å². The Balaban J connectivity index is 1.52. The second kappa shape index (κ2) is 7.05. The third-order valence-corrected chi connectivity index (χ3v) is 7.93. The normalized spacial score (nSPS) is 45.3. The molecular formula is C23H32O6. The highest BCUT2D eigenvalue weighted by atomic mass is 16.6. The zero-order chi connectivity index (χ0) is 21.0. The van der Waals surface area contributed by atoms with Crippen molar-refractivity contribution in [1.29, 1.82) is 0 Å². The summed E-state index contributed by atoms with van der Waals surface area (Å²) in [5.74, 6) is -0.418. The number of rotatable bonds is 5. The second-order valence-corrected chi connectivity index (χ2v) is 9.49. The summed E-state index contributed by atoms with van der Waals surface area (Å²) in [6.45, 7) is 8.77. The van der Waals surface area contributed by atoms with Gasteiger partial charge in [-0.15, -0.1) is 0 Å². The first-order valence-corrected chi connectivity index (χ1v) is 10.5. The lowest BCUT2D eigenvalue weighted by atomic mass is 9.52. The molecule has 0 aromatic carbocycles. The van der Waals surface area contributed by atoms with Gasteiger partial charge in [-0.2, -0.15) is 0 Å². The molecule has 160 valence electrons. The topological polar surface area (TPSA) is 88.5 Å². The van der Waals surface area contributed by atoms with Crippen molar-refractivity contribution in [3.63, 3.8) is 0 Å². The number of ether oxygens (including phenoxy) is 3. The molecule has 4 aliphatic rings. The molecule has 0 amide bonds. The van der Waals surface area contributed by atoms with E-state index in [0.29, 0.717) is 13.0 Å². The van der Waals surface area contributed by atoms with Gasteiger partial charge in [0, 0.05) is 23.3 Å². The van der Waals surface area contributed by atoms with Crippen LogP contribution in [0.5, 0.6) is 0 Å². The van der Waals surface area contributed by atoms with Crippen LogP contribution in [0.2, 0.25) is 0 Å².